The van der Waals surface area contributed by atoms with Gasteiger partial charge in [0.2, 0.25) is 15.7 Å². The van der Waals surface area contributed by atoms with Crippen LogP contribution in [0.4, 0.5) is 10.1 Å². The van der Waals surface area contributed by atoms with Gasteiger partial charge in [0, 0.05) is 11.3 Å². The smallest absolute Gasteiger partial charge is 0.336 e. The molecule has 0 fully saturated rings. The lowest BCUT2D eigenvalue weighted by Gasteiger charge is -2.10. The fourth-order valence-electron chi connectivity index (χ4n) is 3.32. The molecule has 0 unspecified atom stereocenters. The molecule has 1 N–H and O–H groups in total. The number of carbonyl (C=O) groups is 1. The van der Waals surface area contributed by atoms with Crippen molar-refractivity contribution in [3.05, 3.63) is 95.3 Å². The van der Waals surface area contributed by atoms with Crippen LogP contribution in [0.1, 0.15) is 28.4 Å². The third-order valence-electron chi connectivity index (χ3n) is 4.96. The van der Waals surface area contributed by atoms with Crippen LogP contribution < -0.4 is 5.32 Å². The van der Waals surface area contributed by atoms with Gasteiger partial charge in [-0.05, 0) is 47.9 Å². The van der Waals surface area contributed by atoms with Crippen molar-refractivity contribution in [3.63, 3.8) is 0 Å². The van der Waals surface area contributed by atoms with Crippen LogP contribution in [-0.4, -0.2) is 24.5 Å². The molecule has 4 rings (SSSR count). The number of anilines is 1. The van der Waals surface area contributed by atoms with Crippen LogP contribution in [0.5, 0.6) is 0 Å². The van der Waals surface area contributed by atoms with Gasteiger partial charge in [0.25, 0.3) is 5.91 Å². The normalized spacial score (nSPS) is 11.3. The maximum atomic E-state index is 13.9. The summed E-state index contributed by atoms with van der Waals surface area (Å²) in [6.07, 6.45) is 0.549. The Kier molecular flexibility index (Phi) is 6.32. The number of rotatable bonds is 7. The number of aromatic nitrogens is 2. The minimum atomic E-state index is -3.81. The van der Waals surface area contributed by atoms with Gasteiger partial charge in [-0.1, -0.05) is 54.5 Å². The zero-order valence-corrected chi connectivity index (χ0v) is 18.5. The zero-order chi connectivity index (χ0) is 23.4. The van der Waals surface area contributed by atoms with Crippen LogP contribution >= 0.6 is 0 Å². The van der Waals surface area contributed by atoms with Gasteiger partial charge in [0.15, 0.2) is 0 Å². The quantitative estimate of drug-likeness (QED) is 0.426. The molecule has 0 aliphatic carbocycles. The summed E-state index contributed by atoms with van der Waals surface area (Å²) in [6.45, 7) is 1.89. The third-order valence-corrected chi connectivity index (χ3v) is 6.38. The van der Waals surface area contributed by atoms with Crippen LogP contribution in [0.3, 0.4) is 0 Å². The maximum Gasteiger partial charge on any atom is 0.336 e. The number of amides is 1. The highest BCUT2D eigenvalue weighted by Crippen LogP contribution is 2.28. The first-order valence-corrected chi connectivity index (χ1v) is 11.8. The van der Waals surface area contributed by atoms with Gasteiger partial charge >= 0.3 is 5.22 Å². The van der Waals surface area contributed by atoms with E-state index in [1.165, 1.54) is 18.2 Å². The molecule has 1 aromatic heterocycles. The molecule has 4 aromatic rings. The fraction of sp³-hybridized carbons (Fsp3) is 0.125. The van der Waals surface area contributed by atoms with Crippen molar-refractivity contribution >= 4 is 21.4 Å². The minimum absolute atomic E-state index is 0.0606. The maximum absolute atomic E-state index is 13.9. The Hall–Kier alpha value is -3.85. The SMILES string of the molecule is CCc1cc(NC(=O)c2ccccc2F)ccc1-c1nnc(S(=O)(=O)Cc2ccccc2)o1. The highest BCUT2D eigenvalue weighted by Gasteiger charge is 2.24. The molecule has 0 aliphatic rings. The van der Waals surface area contributed by atoms with Gasteiger partial charge in [-0.3, -0.25) is 4.79 Å². The van der Waals surface area contributed by atoms with Crippen LogP contribution in [-0.2, 0) is 22.0 Å². The summed E-state index contributed by atoms with van der Waals surface area (Å²) in [5.74, 6) is -1.38. The average Bonchev–Trinajstić information content (AvgIpc) is 3.31. The van der Waals surface area contributed by atoms with E-state index in [-0.39, 0.29) is 17.2 Å². The average molecular weight is 466 g/mol. The second-order valence-electron chi connectivity index (χ2n) is 7.28. The molecule has 168 valence electrons. The highest BCUT2D eigenvalue weighted by atomic mass is 32.2. The third kappa shape index (κ3) is 4.98. The number of sulfone groups is 1. The molecule has 0 bridgehead atoms. The molecular weight excluding hydrogens is 445 g/mol. The van der Waals surface area contributed by atoms with Crippen LogP contribution in [0.2, 0.25) is 0 Å². The number of benzene rings is 3. The number of hydrogen-bond donors (Lipinski definition) is 1. The summed E-state index contributed by atoms with van der Waals surface area (Å²) in [6, 6.07) is 19.4. The molecule has 7 nitrogen and oxygen atoms in total. The Morgan fingerprint density at radius 1 is 1.00 bits per heavy atom. The zero-order valence-electron chi connectivity index (χ0n) is 17.7. The first-order valence-electron chi connectivity index (χ1n) is 10.2. The van der Waals surface area contributed by atoms with E-state index in [1.54, 1.807) is 54.6 Å². The van der Waals surface area contributed by atoms with E-state index in [9.17, 15) is 17.6 Å². The van der Waals surface area contributed by atoms with Gasteiger partial charge in [-0.25, -0.2) is 12.8 Å². The van der Waals surface area contributed by atoms with E-state index in [2.05, 4.69) is 15.5 Å². The second kappa shape index (κ2) is 9.33. The molecule has 0 atom stereocenters. The van der Waals surface area contributed by atoms with E-state index in [0.29, 0.717) is 23.2 Å². The molecule has 9 heteroatoms. The van der Waals surface area contributed by atoms with E-state index in [0.717, 1.165) is 5.56 Å². The second-order valence-corrected chi connectivity index (χ2v) is 9.14. The number of nitrogens with zero attached hydrogens (tertiary/aromatic N) is 2. The molecule has 0 spiro atoms. The largest absolute Gasteiger partial charge is 0.408 e. The van der Waals surface area contributed by atoms with Crippen molar-refractivity contribution in [2.24, 2.45) is 0 Å². The van der Waals surface area contributed by atoms with Crippen LogP contribution in [0.25, 0.3) is 11.5 Å². The molecule has 1 heterocycles. The Balaban J connectivity index is 1.57. The monoisotopic (exact) mass is 465 g/mol. The lowest BCUT2D eigenvalue weighted by Crippen LogP contribution is -2.13. The first-order chi connectivity index (χ1) is 15.9. The molecule has 1 amide bonds. The molecule has 0 saturated heterocycles. The minimum Gasteiger partial charge on any atom is -0.408 e. The van der Waals surface area contributed by atoms with Gasteiger partial charge < -0.3 is 9.73 Å². The Morgan fingerprint density at radius 3 is 2.45 bits per heavy atom. The van der Waals surface area contributed by atoms with Crippen molar-refractivity contribution in [2.45, 2.75) is 24.3 Å². The summed E-state index contributed by atoms with van der Waals surface area (Å²) in [5, 5.41) is 9.87. The predicted octanol–water partition coefficient (Wildman–Crippen LogP) is 4.66. The van der Waals surface area contributed by atoms with Gasteiger partial charge in [-0.15, -0.1) is 5.10 Å². The highest BCUT2D eigenvalue weighted by molar-refractivity contribution is 7.90. The Labute approximate surface area is 190 Å². The Bertz CT molecular complexity index is 1400. The van der Waals surface area contributed by atoms with E-state index < -0.39 is 26.8 Å². The Morgan fingerprint density at radius 2 is 1.73 bits per heavy atom. The van der Waals surface area contributed by atoms with Crippen LogP contribution in [0, 0.1) is 5.82 Å². The van der Waals surface area contributed by atoms with Crippen molar-refractivity contribution in [1.29, 1.82) is 0 Å². The molecule has 3 aromatic carbocycles. The van der Waals surface area contributed by atoms with Crippen LogP contribution in [0.15, 0.2) is 82.4 Å². The summed E-state index contributed by atoms with van der Waals surface area (Å²) >= 11 is 0. The molecule has 0 aliphatic heterocycles. The number of aryl methyl sites for hydroxylation is 1. The lowest BCUT2D eigenvalue weighted by molar-refractivity contribution is 0.102. The van der Waals surface area contributed by atoms with E-state index >= 15 is 0 Å². The molecular formula is C24H20FN3O4S. The van der Waals surface area contributed by atoms with Gasteiger partial charge in [0.05, 0.1) is 11.3 Å². The molecule has 33 heavy (non-hydrogen) atoms. The van der Waals surface area contributed by atoms with Gasteiger partial charge in [-0.2, -0.15) is 0 Å². The number of hydrogen-bond acceptors (Lipinski definition) is 6. The number of carbonyl (C=O) groups excluding carboxylic acids is 1. The topological polar surface area (TPSA) is 102 Å². The standard InChI is InChI=1S/C24H20FN3O4S/c1-2-17-14-18(26-22(29)20-10-6-7-11-21(20)25)12-13-19(17)23-27-28-24(32-23)33(30,31)15-16-8-4-3-5-9-16/h3-14H,2,15H2,1H3,(H,26,29). The summed E-state index contributed by atoms with van der Waals surface area (Å²) < 4.78 is 44.7. The predicted molar refractivity (Wildman–Crippen MR) is 121 cm³/mol. The number of halogens is 1. The molecule has 0 radical (unpaired) electrons. The summed E-state index contributed by atoms with van der Waals surface area (Å²) in [4.78, 5) is 12.4. The van der Waals surface area contributed by atoms with Crippen molar-refractivity contribution in [3.8, 4) is 11.5 Å². The van der Waals surface area contributed by atoms with Crippen molar-refractivity contribution < 1.29 is 22.0 Å². The number of nitrogens with one attached hydrogen (secondary N) is 1. The van der Waals surface area contributed by atoms with Crippen molar-refractivity contribution in [2.75, 3.05) is 5.32 Å². The molecule has 0 saturated carbocycles. The van der Waals surface area contributed by atoms with Gasteiger partial charge in [0.1, 0.15) is 5.82 Å². The summed E-state index contributed by atoms with van der Waals surface area (Å²) in [7, 11) is -3.81. The summed E-state index contributed by atoms with van der Waals surface area (Å²) in [5.41, 5.74) is 2.30. The van der Waals surface area contributed by atoms with E-state index in [1.807, 2.05) is 6.92 Å². The van der Waals surface area contributed by atoms with Crippen molar-refractivity contribution in [1.82, 2.24) is 10.2 Å². The lowest BCUT2D eigenvalue weighted by atomic mass is 10.0. The fourth-order valence-corrected chi connectivity index (χ4v) is 4.44. The van der Waals surface area contributed by atoms with E-state index in [4.69, 9.17) is 4.42 Å². The first kappa shape index (κ1) is 22.3.